The fourth-order valence-electron chi connectivity index (χ4n) is 1.30. The average Bonchev–Trinajstić information content (AvgIpc) is 2.36. The minimum atomic E-state index is -0.375. The highest BCUT2D eigenvalue weighted by Gasteiger charge is 2.33. The standard InChI is InChI=1S/C9H15NO3/c1-9(2,13-3)6-10-5-4-7(11)8(10)12/h4-6H2,1-3H3. The topological polar surface area (TPSA) is 46.6 Å². The summed E-state index contributed by atoms with van der Waals surface area (Å²) in [6.45, 7) is 4.80. The number of hydrogen-bond donors (Lipinski definition) is 0. The number of likely N-dealkylation sites (tertiary alicyclic amines) is 1. The van der Waals surface area contributed by atoms with Crippen molar-refractivity contribution < 1.29 is 14.3 Å². The zero-order chi connectivity index (χ0) is 10.1. The Morgan fingerprint density at radius 1 is 1.46 bits per heavy atom. The molecule has 0 atom stereocenters. The molecule has 0 aromatic heterocycles. The van der Waals surface area contributed by atoms with Crippen molar-refractivity contribution in [2.24, 2.45) is 0 Å². The first-order chi connectivity index (χ1) is 5.96. The molecule has 4 nitrogen and oxygen atoms in total. The highest BCUT2D eigenvalue weighted by atomic mass is 16.5. The van der Waals surface area contributed by atoms with Gasteiger partial charge in [0.1, 0.15) is 0 Å². The summed E-state index contributed by atoms with van der Waals surface area (Å²) in [7, 11) is 1.60. The van der Waals surface area contributed by atoms with Crippen molar-refractivity contribution in [1.29, 1.82) is 0 Å². The van der Waals surface area contributed by atoms with Crippen molar-refractivity contribution in [3.8, 4) is 0 Å². The van der Waals surface area contributed by atoms with Crippen LogP contribution in [0.3, 0.4) is 0 Å². The molecule has 1 rings (SSSR count). The molecule has 1 fully saturated rings. The Balaban J connectivity index is 2.56. The lowest BCUT2D eigenvalue weighted by Gasteiger charge is -2.28. The predicted octanol–water partition coefficient (Wildman–Crippen LogP) is 0.213. The molecule has 74 valence electrons. The van der Waals surface area contributed by atoms with Crippen LogP contribution in [-0.4, -0.2) is 42.4 Å². The molecule has 0 bridgehead atoms. The Hall–Kier alpha value is -0.900. The monoisotopic (exact) mass is 185 g/mol. The summed E-state index contributed by atoms with van der Waals surface area (Å²) in [5, 5.41) is 0. The maximum Gasteiger partial charge on any atom is 0.290 e. The van der Waals surface area contributed by atoms with Gasteiger partial charge in [-0.3, -0.25) is 9.59 Å². The van der Waals surface area contributed by atoms with Gasteiger partial charge in [-0.2, -0.15) is 0 Å². The number of methoxy groups -OCH3 is 1. The Morgan fingerprint density at radius 2 is 2.08 bits per heavy atom. The normalized spacial score (nSPS) is 18.5. The SMILES string of the molecule is COC(C)(C)CN1CCC(=O)C1=O. The number of rotatable bonds is 3. The van der Waals surface area contributed by atoms with E-state index in [4.69, 9.17) is 4.74 Å². The summed E-state index contributed by atoms with van der Waals surface area (Å²) in [4.78, 5) is 23.7. The molecule has 0 aromatic rings. The Kier molecular flexibility index (Phi) is 2.71. The summed E-state index contributed by atoms with van der Waals surface area (Å²) >= 11 is 0. The second-order valence-electron chi connectivity index (χ2n) is 3.86. The van der Waals surface area contributed by atoms with Gasteiger partial charge in [0.05, 0.1) is 5.60 Å². The van der Waals surface area contributed by atoms with Crippen molar-refractivity contribution in [3.63, 3.8) is 0 Å². The van der Waals surface area contributed by atoms with Gasteiger partial charge < -0.3 is 9.64 Å². The first-order valence-corrected chi connectivity index (χ1v) is 4.33. The Bertz CT molecular complexity index is 235. The molecule has 1 aliphatic heterocycles. The number of amides is 1. The second kappa shape index (κ2) is 3.46. The first-order valence-electron chi connectivity index (χ1n) is 4.33. The molecule has 1 saturated heterocycles. The van der Waals surface area contributed by atoms with E-state index in [9.17, 15) is 9.59 Å². The largest absolute Gasteiger partial charge is 0.377 e. The number of Topliss-reactive ketones (excluding diaryl/α,β-unsaturated/α-hetero) is 1. The first kappa shape index (κ1) is 10.2. The number of carbonyl (C=O) groups excluding carboxylic acids is 2. The van der Waals surface area contributed by atoms with Gasteiger partial charge in [-0.25, -0.2) is 0 Å². The molecule has 0 aromatic carbocycles. The van der Waals surface area contributed by atoms with E-state index in [1.54, 1.807) is 12.0 Å². The van der Waals surface area contributed by atoms with Crippen LogP contribution >= 0.6 is 0 Å². The van der Waals surface area contributed by atoms with Gasteiger partial charge in [-0.05, 0) is 13.8 Å². The third-order valence-corrected chi connectivity index (χ3v) is 2.26. The maximum absolute atomic E-state index is 11.2. The molecule has 1 amide bonds. The Morgan fingerprint density at radius 3 is 2.46 bits per heavy atom. The highest BCUT2D eigenvalue weighted by Crippen LogP contribution is 2.14. The zero-order valence-electron chi connectivity index (χ0n) is 8.29. The van der Waals surface area contributed by atoms with Gasteiger partial charge in [0, 0.05) is 26.6 Å². The minimum absolute atomic E-state index is 0.285. The van der Waals surface area contributed by atoms with E-state index >= 15 is 0 Å². The van der Waals surface area contributed by atoms with E-state index in [0.717, 1.165) is 0 Å². The fraction of sp³-hybridized carbons (Fsp3) is 0.778. The van der Waals surface area contributed by atoms with Crippen LogP contribution in [-0.2, 0) is 14.3 Å². The third kappa shape index (κ3) is 2.28. The number of ketones is 1. The van der Waals surface area contributed by atoms with Crippen LogP contribution in [0.4, 0.5) is 0 Å². The number of ether oxygens (including phenoxy) is 1. The molecule has 4 heteroatoms. The van der Waals surface area contributed by atoms with Gasteiger partial charge in [0.15, 0.2) is 0 Å². The van der Waals surface area contributed by atoms with Crippen molar-refractivity contribution in [2.75, 3.05) is 20.2 Å². The molecular weight excluding hydrogens is 170 g/mol. The predicted molar refractivity (Wildman–Crippen MR) is 47.3 cm³/mol. The van der Waals surface area contributed by atoms with Crippen LogP contribution in [0.25, 0.3) is 0 Å². The molecule has 13 heavy (non-hydrogen) atoms. The molecule has 1 aliphatic rings. The van der Waals surface area contributed by atoms with E-state index < -0.39 is 0 Å². The smallest absolute Gasteiger partial charge is 0.290 e. The minimum Gasteiger partial charge on any atom is -0.377 e. The second-order valence-corrected chi connectivity index (χ2v) is 3.86. The zero-order valence-corrected chi connectivity index (χ0v) is 8.29. The third-order valence-electron chi connectivity index (χ3n) is 2.26. The van der Waals surface area contributed by atoms with Crippen LogP contribution < -0.4 is 0 Å². The molecule has 1 heterocycles. The van der Waals surface area contributed by atoms with Crippen LogP contribution in [0.5, 0.6) is 0 Å². The summed E-state index contributed by atoms with van der Waals surface area (Å²) in [6.07, 6.45) is 0.346. The average molecular weight is 185 g/mol. The maximum atomic E-state index is 11.2. The molecule has 0 unspecified atom stereocenters. The van der Waals surface area contributed by atoms with Gasteiger partial charge in [-0.1, -0.05) is 0 Å². The van der Waals surface area contributed by atoms with Gasteiger partial charge in [0.25, 0.3) is 5.91 Å². The lowest BCUT2D eigenvalue weighted by atomic mass is 10.1. The van der Waals surface area contributed by atoms with E-state index in [1.807, 2.05) is 13.8 Å². The number of nitrogens with zero attached hydrogens (tertiary/aromatic N) is 1. The molecule has 0 saturated carbocycles. The van der Waals surface area contributed by atoms with E-state index in [1.165, 1.54) is 0 Å². The molecule has 0 aliphatic carbocycles. The molecule has 0 spiro atoms. The summed E-state index contributed by atoms with van der Waals surface area (Å²) in [5.41, 5.74) is -0.375. The molecular formula is C9H15NO3. The quantitative estimate of drug-likeness (QED) is 0.591. The van der Waals surface area contributed by atoms with Crippen molar-refractivity contribution in [1.82, 2.24) is 4.90 Å². The number of carbonyl (C=O) groups is 2. The van der Waals surface area contributed by atoms with Crippen LogP contribution in [0, 0.1) is 0 Å². The summed E-state index contributed by atoms with van der Waals surface area (Å²) in [5.74, 6) is -0.656. The fourth-order valence-corrected chi connectivity index (χ4v) is 1.30. The van der Waals surface area contributed by atoms with Crippen LogP contribution in [0.15, 0.2) is 0 Å². The molecule has 0 radical (unpaired) electrons. The Labute approximate surface area is 77.8 Å². The lowest BCUT2D eigenvalue weighted by Crippen LogP contribution is -2.41. The van der Waals surface area contributed by atoms with Crippen LogP contribution in [0.1, 0.15) is 20.3 Å². The van der Waals surface area contributed by atoms with Crippen LogP contribution in [0.2, 0.25) is 0 Å². The molecule has 0 N–H and O–H groups in total. The van der Waals surface area contributed by atoms with Gasteiger partial charge in [0.2, 0.25) is 5.78 Å². The summed E-state index contributed by atoms with van der Waals surface area (Å²) in [6, 6.07) is 0. The summed E-state index contributed by atoms with van der Waals surface area (Å²) < 4.78 is 5.18. The van der Waals surface area contributed by atoms with Crippen molar-refractivity contribution in [2.45, 2.75) is 25.9 Å². The lowest BCUT2D eigenvalue weighted by molar-refractivity contribution is -0.141. The van der Waals surface area contributed by atoms with E-state index in [-0.39, 0.29) is 17.3 Å². The van der Waals surface area contributed by atoms with E-state index in [0.29, 0.717) is 19.5 Å². The number of hydrogen-bond acceptors (Lipinski definition) is 3. The van der Waals surface area contributed by atoms with Crippen molar-refractivity contribution >= 4 is 11.7 Å². The van der Waals surface area contributed by atoms with Crippen molar-refractivity contribution in [3.05, 3.63) is 0 Å². The van der Waals surface area contributed by atoms with Gasteiger partial charge >= 0.3 is 0 Å². The van der Waals surface area contributed by atoms with E-state index in [2.05, 4.69) is 0 Å². The highest BCUT2D eigenvalue weighted by molar-refractivity contribution is 6.37. The van der Waals surface area contributed by atoms with Gasteiger partial charge in [-0.15, -0.1) is 0 Å².